The number of rotatable bonds is 7. The normalized spacial score (nSPS) is 15.0. The van der Waals surface area contributed by atoms with Gasteiger partial charge in [-0.25, -0.2) is 0 Å². The first-order chi connectivity index (χ1) is 17.9. The summed E-state index contributed by atoms with van der Waals surface area (Å²) in [6.45, 7) is 6.39. The second-order valence-electron chi connectivity index (χ2n) is 9.31. The number of esters is 1. The van der Waals surface area contributed by atoms with Gasteiger partial charge in [-0.2, -0.15) is 5.26 Å². The minimum Gasteiger partial charge on any atom is -0.465 e. The molecule has 5 rings (SSSR count). The van der Waals surface area contributed by atoms with Crippen molar-refractivity contribution in [3.63, 3.8) is 0 Å². The molecular weight excluding hydrogens is 486 g/mol. The van der Waals surface area contributed by atoms with Gasteiger partial charge < -0.3 is 14.8 Å². The Morgan fingerprint density at radius 2 is 1.86 bits per heavy atom. The van der Waals surface area contributed by atoms with Crippen molar-refractivity contribution in [3.8, 4) is 6.07 Å². The molecule has 8 nitrogen and oxygen atoms in total. The molecule has 0 radical (unpaired) electrons. The predicted molar refractivity (Wildman–Crippen MR) is 142 cm³/mol. The summed E-state index contributed by atoms with van der Waals surface area (Å²) in [5.41, 5.74) is 4.05. The number of hydrogen-bond donors (Lipinski definition) is 1. The van der Waals surface area contributed by atoms with Gasteiger partial charge in [0.15, 0.2) is 10.8 Å². The van der Waals surface area contributed by atoms with Crippen LogP contribution in [-0.4, -0.2) is 32.8 Å². The first kappa shape index (κ1) is 24.8. The highest BCUT2D eigenvalue weighted by Gasteiger charge is 2.34. The number of fused-ring (bicyclic) bond motifs is 3. The van der Waals surface area contributed by atoms with Crippen LogP contribution in [0.15, 0.2) is 65.8 Å². The van der Waals surface area contributed by atoms with Crippen molar-refractivity contribution in [3.05, 3.63) is 82.9 Å². The van der Waals surface area contributed by atoms with Crippen molar-refractivity contribution in [2.24, 2.45) is 0 Å². The molecule has 2 aromatic heterocycles. The lowest BCUT2D eigenvalue weighted by Gasteiger charge is -2.33. The lowest BCUT2D eigenvalue weighted by Crippen LogP contribution is -2.33. The fourth-order valence-corrected chi connectivity index (χ4v) is 5.51. The van der Waals surface area contributed by atoms with E-state index < -0.39 is 10.9 Å². The number of benzene rings is 2. The Hall–Kier alpha value is -3.87. The molecule has 1 aliphatic rings. The van der Waals surface area contributed by atoms with Crippen LogP contribution in [0, 0.1) is 11.3 Å². The minimum atomic E-state index is -0.658. The second kappa shape index (κ2) is 10.2. The van der Waals surface area contributed by atoms with E-state index in [1.807, 2.05) is 78.9 Å². The summed E-state index contributed by atoms with van der Waals surface area (Å²) in [6.07, 6.45) is 0.565. The van der Waals surface area contributed by atoms with E-state index in [2.05, 4.69) is 21.6 Å². The van der Waals surface area contributed by atoms with Gasteiger partial charge in [-0.05, 0) is 44.0 Å². The number of aromatic nitrogens is 3. The molecule has 3 heterocycles. The van der Waals surface area contributed by atoms with Gasteiger partial charge in [0.2, 0.25) is 0 Å². The zero-order valence-corrected chi connectivity index (χ0v) is 21.7. The van der Waals surface area contributed by atoms with E-state index in [0.717, 1.165) is 22.4 Å². The SMILES string of the molecule is CCOC(=O)[C@H](Sc1nnc2c3c(c(C#N)c(Nc4ccccc4)n12)CC(C)(C)OC3)c1ccccc1. The summed E-state index contributed by atoms with van der Waals surface area (Å²) in [7, 11) is 0. The molecule has 0 saturated carbocycles. The maximum Gasteiger partial charge on any atom is 0.324 e. The smallest absolute Gasteiger partial charge is 0.324 e. The van der Waals surface area contributed by atoms with Gasteiger partial charge in [-0.15, -0.1) is 10.2 Å². The number of nitrogens with one attached hydrogen (secondary N) is 1. The van der Waals surface area contributed by atoms with E-state index in [4.69, 9.17) is 9.47 Å². The molecule has 1 aliphatic heterocycles. The van der Waals surface area contributed by atoms with Gasteiger partial charge >= 0.3 is 5.97 Å². The van der Waals surface area contributed by atoms with Crippen LogP contribution in [-0.2, 0) is 27.3 Å². The lowest BCUT2D eigenvalue weighted by molar-refractivity contribution is -0.142. The Balaban J connectivity index is 1.71. The zero-order valence-electron chi connectivity index (χ0n) is 20.9. The van der Waals surface area contributed by atoms with E-state index in [1.165, 1.54) is 11.8 Å². The third-order valence-electron chi connectivity index (χ3n) is 6.21. The van der Waals surface area contributed by atoms with E-state index in [1.54, 1.807) is 6.92 Å². The van der Waals surface area contributed by atoms with Gasteiger partial charge in [0.25, 0.3) is 0 Å². The molecule has 1 N–H and O–H groups in total. The molecule has 1 atom stereocenters. The van der Waals surface area contributed by atoms with E-state index in [9.17, 15) is 10.1 Å². The Morgan fingerprint density at radius 1 is 1.16 bits per heavy atom. The van der Waals surface area contributed by atoms with Gasteiger partial charge in [0.1, 0.15) is 17.1 Å². The molecular formula is C28H27N5O3S. The van der Waals surface area contributed by atoms with Crippen LogP contribution in [0.4, 0.5) is 11.5 Å². The molecule has 188 valence electrons. The predicted octanol–water partition coefficient (Wildman–Crippen LogP) is 5.59. The standard InChI is InChI=1S/C28H27N5O3S/c1-4-35-26(34)23(18-11-7-5-8-12-18)37-27-32-31-25-22-17-36-28(2,3)15-20(22)21(16-29)24(33(25)27)30-19-13-9-6-10-14-19/h5-14,23,30H,4,15,17H2,1-3H3/t23-/m1/s1. The number of nitrogens with zero attached hydrogens (tertiary/aromatic N) is 4. The van der Waals surface area contributed by atoms with Crippen molar-refractivity contribution < 1.29 is 14.3 Å². The molecule has 0 unspecified atom stereocenters. The number of nitriles is 1. The summed E-state index contributed by atoms with van der Waals surface area (Å²) in [5, 5.41) is 22.6. The van der Waals surface area contributed by atoms with Crippen molar-refractivity contribution in [1.29, 1.82) is 5.26 Å². The molecule has 0 aliphatic carbocycles. The Morgan fingerprint density at radius 3 is 2.54 bits per heavy atom. The van der Waals surface area contributed by atoms with E-state index in [-0.39, 0.29) is 12.6 Å². The third kappa shape index (κ3) is 4.90. The molecule has 0 amide bonds. The van der Waals surface area contributed by atoms with Gasteiger partial charge in [-0.1, -0.05) is 60.3 Å². The molecule has 0 saturated heterocycles. The molecule has 4 aromatic rings. The maximum absolute atomic E-state index is 13.0. The first-order valence-electron chi connectivity index (χ1n) is 12.1. The topological polar surface area (TPSA) is 102 Å². The summed E-state index contributed by atoms with van der Waals surface area (Å²) < 4.78 is 13.3. The Bertz CT molecular complexity index is 1480. The quantitative estimate of drug-likeness (QED) is 0.252. The summed E-state index contributed by atoms with van der Waals surface area (Å²) in [5.74, 6) is 0.194. The third-order valence-corrected chi connectivity index (χ3v) is 7.39. The van der Waals surface area contributed by atoms with Crippen LogP contribution < -0.4 is 5.32 Å². The average molecular weight is 514 g/mol. The number of para-hydroxylation sites is 1. The monoisotopic (exact) mass is 513 g/mol. The Labute approximate surface area is 219 Å². The van der Waals surface area contributed by atoms with Crippen LogP contribution in [0.5, 0.6) is 0 Å². The van der Waals surface area contributed by atoms with E-state index >= 15 is 0 Å². The second-order valence-corrected chi connectivity index (χ2v) is 10.4. The fourth-order valence-electron chi connectivity index (χ4n) is 4.48. The minimum absolute atomic E-state index is 0.267. The average Bonchev–Trinajstić information content (AvgIpc) is 3.31. The highest BCUT2D eigenvalue weighted by Crippen LogP contribution is 2.41. The number of anilines is 2. The number of thioether (sulfide) groups is 1. The van der Waals surface area contributed by atoms with Gasteiger partial charge in [0.05, 0.1) is 24.4 Å². The summed E-state index contributed by atoms with van der Waals surface area (Å²) in [6, 6.07) is 21.5. The highest BCUT2D eigenvalue weighted by molar-refractivity contribution is 8.00. The lowest BCUT2D eigenvalue weighted by atomic mass is 9.89. The molecule has 0 spiro atoms. The zero-order chi connectivity index (χ0) is 26.0. The molecule has 37 heavy (non-hydrogen) atoms. The highest BCUT2D eigenvalue weighted by atomic mass is 32.2. The largest absolute Gasteiger partial charge is 0.465 e. The van der Waals surface area contributed by atoms with Gasteiger partial charge in [-0.3, -0.25) is 9.20 Å². The van der Waals surface area contributed by atoms with Crippen LogP contribution >= 0.6 is 11.8 Å². The summed E-state index contributed by atoms with van der Waals surface area (Å²) in [4.78, 5) is 13.0. The number of pyridine rings is 1. The molecule has 0 bridgehead atoms. The number of hydrogen-bond acceptors (Lipinski definition) is 8. The van der Waals surface area contributed by atoms with Crippen LogP contribution in [0.3, 0.4) is 0 Å². The molecule has 9 heteroatoms. The molecule has 0 fully saturated rings. The van der Waals surface area contributed by atoms with Crippen LogP contribution in [0.1, 0.15) is 48.3 Å². The molecule has 2 aromatic carbocycles. The van der Waals surface area contributed by atoms with Crippen molar-refractivity contribution in [2.45, 2.75) is 49.8 Å². The first-order valence-corrected chi connectivity index (χ1v) is 13.0. The maximum atomic E-state index is 13.0. The van der Waals surface area contributed by atoms with Crippen molar-refractivity contribution >= 4 is 34.9 Å². The number of carbonyl (C=O) groups excluding carboxylic acids is 1. The summed E-state index contributed by atoms with van der Waals surface area (Å²) >= 11 is 1.24. The van der Waals surface area contributed by atoms with Crippen LogP contribution in [0.2, 0.25) is 0 Å². The number of ether oxygens (including phenoxy) is 2. The Kier molecular flexibility index (Phi) is 6.87. The van der Waals surface area contributed by atoms with Crippen molar-refractivity contribution in [1.82, 2.24) is 14.6 Å². The van der Waals surface area contributed by atoms with Crippen molar-refractivity contribution in [2.75, 3.05) is 11.9 Å². The van der Waals surface area contributed by atoms with E-state index in [0.29, 0.717) is 35.2 Å². The van der Waals surface area contributed by atoms with Gasteiger partial charge in [0, 0.05) is 17.7 Å². The number of carbonyl (C=O) groups is 1. The van der Waals surface area contributed by atoms with Crippen LogP contribution in [0.25, 0.3) is 5.65 Å². The fraction of sp³-hybridized carbons (Fsp3) is 0.286.